The Labute approximate surface area is 105 Å². The number of thioether (sulfide) groups is 1. The van der Waals surface area contributed by atoms with Crippen molar-refractivity contribution in [1.29, 1.82) is 0 Å². The van der Waals surface area contributed by atoms with Gasteiger partial charge in [-0.15, -0.1) is 11.8 Å². The molecule has 0 saturated carbocycles. The van der Waals surface area contributed by atoms with Crippen molar-refractivity contribution in [3.05, 3.63) is 29.6 Å². The molecule has 1 aromatic carbocycles. The molecule has 0 spiro atoms. The lowest BCUT2D eigenvalue weighted by molar-refractivity contribution is 0.0941. The number of ether oxygens (including phenoxy) is 1. The third-order valence-corrected chi connectivity index (χ3v) is 4.64. The highest BCUT2D eigenvalue weighted by molar-refractivity contribution is 8.01. The van der Waals surface area contributed by atoms with E-state index in [9.17, 15) is 9.18 Å². The summed E-state index contributed by atoms with van der Waals surface area (Å²) in [6, 6.07) is 4.48. The fourth-order valence-corrected chi connectivity index (χ4v) is 3.38. The van der Waals surface area contributed by atoms with Crippen molar-refractivity contribution in [1.82, 2.24) is 0 Å². The van der Waals surface area contributed by atoms with E-state index < -0.39 is 10.6 Å². The minimum atomic E-state index is -0.504. The molecule has 0 radical (unpaired) electrons. The average Bonchev–Trinajstić information content (AvgIpc) is 2.76. The molecule has 0 aliphatic carbocycles. The van der Waals surface area contributed by atoms with Crippen LogP contribution in [-0.4, -0.2) is 23.4 Å². The molecule has 1 atom stereocenters. The van der Waals surface area contributed by atoms with Gasteiger partial charge in [-0.3, -0.25) is 4.79 Å². The molecule has 2 rings (SSSR count). The zero-order chi connectivity index (χ0) is 12.5. The van der Waals surface area contributed by atoms with Gasteiger partial charge in [-0.2, -0.15) is 0 Å². The van der Waals surface area contributed by atoms with Crippen LogP contribution in [0.1, 0.15) is 30.1 Å². The average molecular weight is 254 g/mol. The Morgan fingerprint density at radius 1 is 1.53 bits per heavy atom. The van der Waals surface area contributed by atoms with E-state index in [4.69, 9.17) is 4.74 Å². The minimum absolute atomic E-state index is 0.0897. The molecule has 0 amide bonds. The summed E-state index contributed by atoms with van der Waals surface area (Å²) < 4.78 is 18.4. The van der Waals surface area contributed by atoms with Crippen molar-refractivity contribution in [3.63, 3.8) is 0 Å². The second-order valence-electron chi connectivity index (χ2n) is 4.33. The molecule has 1 heterocycles. The van der Waals surface area contributed by atoms with Gasteiger partial charge in [0.05, 0.1) is 17.4 Å². The standard InChI is InChI=1S/C13H15FO2S/c1-13(7-4-8-17-13)12(15)11-9(14)5-3-6-10(11)16-2/h3,5-6H,4,7-8H2,1-2H3. The SMILES string of the molecule is COc1cccc(F)c1C(=O)C1(C)CCCS1. The summed E-state index contributed by atoms with van der Waals surface area (Å²) in [7, 11) is 1.45. The number of ketones is 1. The highest BCUT2D eigenvalue weighted by Gasteiger charge is 2.40. The first kappa shape index (κ1) is 12.4. The molecule has 1 unspecified atom stereocenters. The van der Waals surface area contributed by atoms with Gasteiger partial charge < -0.3 is 4.74 Å². The van der Waals surface area contributed by atoms with Crippen LogP contribution in [0.4, 0.5) is 4.39 Å². The number of rotatable bonds is 3. The van der Waals surface area contributed by atoms with E-state index in [0.717, 1.165) is 18.6 Å². The maximum atomic E-state index is 13.8. The van der Waals surface area contributed by atoms with Gasteiger partial charge in [-0.1, -0.05) is 6.07 Å². The second-order valence-corrected chi connectivity index (χ2v) is 5.93. The minimum Gasteiger partial charge on any atom is -0.496 e. The highest BCUT2D eigenvalue weighted by atomic mass is 32.2. The van der Waals surface area contributed by atoms with Crippen LogP contribution in [0.5, 0.6) is 5.75 Å². The van der Waals surface area contributed by atoms with Crippen molar-refractivity contribution in [2.45, 2.75) is 24.5 Å². The summed E-state index contributed by atoms with van der Waals surface area (Å²) in [5.74, 6) is 0.626. The summed E-state index contributed by atoms with van der Waals surface area (Å²) in [6.07, 6.45) is 1.80. The summed E-state index contributed by atoms with van der Waals surface area (Å²) in [5.41, 5.74) is 0.0897. The Hall–Kier alpha value is -1.03. The first-order chi connectivity index (χ1) is 8.08. The topological polar surface area (TPSA) is 26.3 Å². The lowest BCUT2D eigenvalue weighted by Gasteiger charge is -2.22. The fourth-order valence-electron chi connectivity index (χ4n) is 2.12. The molecule has 4 heteroatoms. The van der Waals surface area contributed by atoms with Crippen LogP contribution in [0, 0.1) is 5.82 Å². The number of carbonyl (C=O) groups is 1. The molecule has 1 aromatic rings. The van der Waals surface area contributed by atoms with Crippen LogP contribution in [-0.2, 0) is 0 Å². The summed E-state index contributed by atoms with van der Waals surface area (Å²) in [4.78, 5) is 12.4. The zero-order valence-corrected chi connectivity index (χ0v) is 10.8. The number of benzene rings is 1. The quantitative estimate of drug-likeness (QED) is 0.774. The molecule has 1 aliphatic rings. The fraction of sp³-hybridized carbons (Fsp3) is 0.462. The largest absolute Gasteiger partial charge is 0.496 e. The lowest BCUT2D eigenvalue weighted by atomic mass is 9.93. The monoisotopic (exact) mass is 254 g/mol. The Balaban J connectivity index is 2.43. The summed E-state index contributed by atoms with van der Waals surface area (Å²) >= 11 is 1.60. The van der Waals surface area contributed by atoms with E-state index in [1.54, 1.807) is 23.9 Å². The lowest BCUT2D eigenvalue weighted by Crippen LogP contribution is -2.29. The predicted octanol–water partition coefficient (Wildman–Crippen LogP) is 3.30. The first-order valence-corrected chi connectivity index (χ1v) is 6.58. The van der Waals surface area contributed by atoms with Crippen molar-refractivity contribution >= 4 is 17.5 Å². The molecule has 2 nitrogen and oxygen atoms in total. The van der Waals surface area contributed by atoms with Gasteiger partial charge >= 0.3 is 0 Å². The van der Waals surface area contributed by atoms with Crippen LogP contribution in [0.15, 0.2) is 18.2 Å². The van der Waals surface area contributed by atoms with E-state index in [1.807, 2.05) is 6.92 Å². The van der Waals surface area contributed by atoms with E-state index in [1.165, 1.54) is 13.2 Å². The smallest absolute Gasteiger partial charge is 0.185 e. The third kappa shape index (κ3) is 2.18. The number of methoxy groups -OCH3 is 1. The molecule has 0 bridgehead atoms. The van der Waals surface area contributed by atoms with Crippen molar-refractivity contribution in [2.24, 2.45) is 0 Å². The van der Waals surface area contributed by atoms with Gasteiger partial charge in [0.1, 0.15) is 11.6 Å². The van der Waals surface area contributed by atoms with Gasteiger partial charge in [0, 0.05) is 0 Å². The van der Waals surface area contributed by atoms with E-state index in [-0.39, 0.29) is 11.3 Å². The highest BCUT2D eigenvalue weighted by Crippen LogP contribution is 2.42. The molecule has 17 heavy (non-hydrogen) atoms. The van der Waals surface area contributed by atoms with Crippen molar-refractivity contribution < 1.29 is 13.9 Å². The molecule has 0 N–H and O–H groups in total. The van der Waals surface area contributed by atoms with Gasteiger partial charge in [-0.25, -0.2) is 4.39 Å². The number of carbonyl (C=O) groups excluding carboxylic acids is 1. The maximum absolute atomic E-state index is 13.8. The van der Waals surface area contributed by atoms with E-state index in [2.05, 4.69) is 0 Å². The predicted molar refractivity (Wildman–Crippen MR) is 67.4 cm³/mol. The number of halogens is 1. The van der Waals surface area contributed by atoms with E-state index >= 15 is 0 Å². The number of Topliss-reactive ketones (excluding diaryl/α,β-unsaturated/α-hetero) is 1. The summed E-state index contributed by atoms with van der Waals surface area (Å²) in [5, 5.41) is 0. The molecular formula is C13H15FO2S. The van der Waals surface area contributed by atoms with Crippen LogP contribution < -0.4 is 4.74 Å². The Morgan fingerprint density at radius 3 is 2.88 bits per heavy atom. The second kappa shape index (κ2) is 4.69. The molecule has 92 valence electrons. The molecule has 1 aliphatic heterocycles. The van der Waals surface area contributed by atoms with Gasteiger partial charge in [0.15, 0.2) is 5.78 Å². The molecule has 1 fully saturated rings. The van der Waals surface area contributed by atoms with Gasteiger partial charge in [-0.05, 0) is 37.7 Å². The Kier molecular flexibility index (Phi) is 3.43. The first-order valence-electron chi connectivity index (χ1n) is 5.60. The maximum Gasteiger partial charge on any atom is 0.185 e. The molecule has 0 aromatic heterocycles. The Morgan fingerprint density at radius 2 is 2.29 bits per heavy atom. The van der Waals surface area contributed by atoms with Crippen LogP contribution in [0.3, 0.4) is 0 Å². The third-order valence-electron chi connectivity index (χ3n) is 3.12. The number of hydrogen-bond acceptors (Lipinski definition) is 3. The van der Waals surface area contributed by atoms with Gasteiger partial charge in [0.25, 0.3) is 0 Å². The summed E-state index contributed by atoms with van der Waals surface area (Å²) in [6.45, 7) is 1.89. The Bertz CT molecular complexity index is 439. The van der Waals surface area contributed by atoms with Gasteiger partial charge in [0.2, 0.25) is 0 Å². The van der Waals surface area contributed by atoms with Crippen LogP contribution in [0.2, 0.25) is 0 Å². The van der Waals surface area contributed by atoms with Crippen molar-refractivity contribution in [3.8, 4) is 5.75 Å². The molecule has 1 saturated heterocycles. The van der Waals surface area contributed by atoms with E-state index in [0.29, 0.717) is 5.75 Å². The zero-order valence-electron chi connectivity index (χ0n) is 9.96. The van der Waals surface area contributed by atoms with Crippen LogP contribution >= 0.6 is 11.8 Å². The normalized spacial score (nSPS) is 23.7. The molecular weight excluding hydrogens is 239 g/mol. The van der Waals surface area contributed by atoms with Crippen molar-refractivity contribution in [2.75, 3.05) is 12.9 Å². The number of hydrogen-bond donors (Lipinski definition) is 0. The van der Waals surface area contributed by atoms with Crippen LogP contribution in [0.25, 0.3) is 0 Å².